The van der Waals surface area contributed by atoms with Crippen LogP contribution in [0.25, 0.3) is 0 Å². The van der Waals surface area contributed by atoms with Gasteiger partial charge in [0.1, 0.15) is 6.54 Å². The van der Waals surface area contributed by atoms with Crippen LogP contribution in [-0.4, -0.2) is 32.1 Å². The smallest absolute Gasteiger partial charge is 0.279 e. The molecule has 8 heteroatoms. The van der Waals surface area contributed by atoms with Crippen molar-refractivity contribution in [2.24, 2.45) is 0 Å². The van der Waals surface area contributed by atoms with Crippen LogP contribution in [0.2, 0.25) is 10.0 Å². The molecule has 0 aromatic heterocycles. The molecule has 1 atom stereocenters. The molecule has 0 fully saturated rings. The molecule has 1 unspecified atom stereocenters. The third kappa shape index (κ3) is 4.71. The van der Waals surface area contributed by atoms with Crippen LogP contribution < -0.4 is 19.7 Å². The molecule has 6 nitrogen and oxygen atoms in total. The molecule has 3 rings (SSSR count). The highest BCUT2D eigenvalue weighted by atomic mass is 35.5. The van der Waals surface area contributed by atoms with Gasteiger partial charge in [-0.2, -0.15) is 0 Å². The summed E-state index contributed by atoms with van der Waals surface area (Å²) in [6.45, 7) is 2.35. The first-order valence-corrected chi connectivity index (χ1v) is 9.08. The number of amides is 1. The second-order valence-corrected chi connectivity index (χ2v) is 7.23. The summed E-state index contributed by atoms with van der Waals surface area (Å²) in [5.41, 5.74) is 1.77. The van der Waals surface area contributed by atoms with E-state index < -0.39 is 0 Å². The lowest BCUT2D eigenvalue weighted by Gasteiger charge is -2.15. The Morgan fingerprint density at radius 1 is 1.11 bits per heavy atom. The molecule has 1 heterocycles. The van der Waals surface area contributed by atoms with Gasteiger partial charge < -0.3 is 19.7 Å². The Morgan fingerprint density at radius 2 is 1.81 bits per heavy atom. The Labute approximate surface area is 167 Å². The number of halogens is 2. The molecule has 0 saturated heterocycles. The zero-order valence-corrected chi connectivity index (χ0v) is 16.4. The zero-order valence-electron chi connectivity index (χ0n) is 14.9. The topological polar surface area (TPSA) is 69.1 Å². The lowest BCUT2D eigenvalue weighted by Crippen LogP contribution is -3.08. The standard InChI is InChI=1S/C19H18Cl2N2O4/c1-11(24)13-6-17-18(27-10-26-17)7-16(13)22-19(25)9-23(2)8-12-3-4-14(20)15(21)5-12/h3-7H,8-10H2,1-2H3,(H,22,25)/p+1. The Hall–Kier alpha value is -2.28. The number of hydrogen-bond acceptors (Lipinski definition) is 4. The summed E-state index contributed by atoms with van der Waals surface area (Å²) in [6, 6.07) is 8.61. The van der Waals surface area contributed by atoms with E-state index in [9.17, 15) is 9.59 Å². The molecule has 1 aliphatic heterocycles. The van der Waals surface area contributed by atoms with Gasteiger partial charge in [-0.1, -0.05) is 29.3 Å². The molecule has 2 aromatic carbocycles. The summed E-state index contributed by atoms with van der Waals surface area (Å²) in [4.78, 5) is 25.3. The predicted octanol–water partition coefficient (Wildman–Crippen LogP) is 2.58. The fourth-order valence-corrected chi connectivity index (χ4v) is 3.19. The Kier molecular flexibility index (Phi) is 5.89. The largest absolute Gasteiger partial charge is 0.454 e. The molecular formula is C19H19Cl2N2O4+. The normalized spacial score (nSPS) is 13.3. The van der Waals surface area contributed by atoms with Gasteiger partial charge in [0.2, 0.25) is 6.79 Å². The Balaban J connectivity index is 1.66. The molecule has 27 heavy (non-hydrogen) atoms. The van der Waals surface area contributed by atoms with Crippen molar-refractivity contribution in [3.05, 3.63) is 51.5 Å². The number of Topliss-reactive ketones (excluding diaryl/α,β-unsaturated/α-hetero) is 1. The van der Waals surface area contributed by atoms with Gasteiger partial charge in [-0.05, 0) is 25.1 Å². The number of hydrogen-bond donors (Lipinski definition) is 2. The molecule has 0 aliphatic carbocycles. The SMILES string of the molecule is CC(=O)c1cc2c(cc1NC(=O)C[NH+](C)Cc1ccc(Cl)c(Cl)c1)OCO2. The average molecular weight is 410 g/mol. The van der Waals surface area contributed by atoms with Crippen LogP contribution >= 0.6 is 23.2 Å². The highest BCUT2D eigenvalue weighted by Gasteiger charge is 2.21. The summed E-state index contributed by atoms with van der Waals surface area (Å²) in [6.07, 6.45) is 0. The van der Waals surface area contributed by atoms with E-state index in [0.29, 0.717) is 39.3 Å². The van der Waals surface area contributed by atoms with E-state index in [2.05, 4.69) is 5.32 Å². The molecule has 2 N–H and O–H groups in total. The molecule has 0 bridgehead atoms. The summed E-state index contributed by atoms with van der Waals surface area (Å²) < 4.78 is 10.6. The van der Waals surface area contributed by atoms with Gasteiger partial charge in [0.05, 0.1) is 22.8 Å². The van der Waals surface area contributed by atoms with Gasteiger partial charge in [-0.15, -0.1) is 0 Å². The van der Waals surface area contributed by atoms with Crippen LogP contribution in [0.1, 0.15) is 22.8 Å². The van der Waals surface area contributed by atoms with Gasteiger partial charge >= 0.3 is 0 Å². The van der Waals surface area contributed by atoms with Crippen molar-refractivity contribution in [1.82, 2.24) is 0 Å². The maximum absolute atomic E-state index is 12.4. The predicted molar refractivity (Wildman–Crippen MR) is 103 cm³/mol. The molecular weight excluding hydrogens is 391 g/mol. The quantitative estimate of drug-likeness (QED) is 0.719. The van der Waals surface area contributed by atoms with Crippen molar-refractivity contribution < 1.29 is 24.0 Å². The number of nitrogens with one attached hydrogen (secondary N) is 2. The summed E-state index contributed by atoms with van der Waals surface area (Å²) in [5.74, 6) is 0.626. The van der Waals surface area contributed by atoms with Gasteiger partial charge in [0.15, 0.2) is 23.8 Å². The molecule has 1 aliphatic rings. The second-order valence-electron chi connectivity index (χ2n) is 6.41. The maximum Gasteiger partial charge on any atom is 0.279 e. The highest BCUT2D eigenvalue weighted by Crippen LogP contribution is 2.37. The number of ether oxygens (including phenoxy) is 2. The van der Waals surface area contributed by atoms with Crippen LogP contribution in [0.15, 0.2) is 30.3 Å². The number of quaternary nitrogens is 1. The summed E-state index contributed by atoms with van der Waals surface area (Å²) >= 11 is 12.0. The van der Waals surface area contributed by atoms with Crippen molar-refractivity contribution in [3.63, 3.8) is 0 Å². The number of benzene rings is 2. The summed E-state index contributed by atoms with van der Waals surface area (Å²) in [5, 5.41) is 3.78. The number of rotatable bonds is 6. The average Bonchev–Trinajstić information content (AvgIpc) is 3.04. The van der Waals surface area contributed by atoms with Crippen molar-refractivity contribution >= 4 is 40.6 Å². The van der Waals surface area contributed by atoms with Crippen LogP contribution in [0.5, 0.6) is 11.5 Å². The highest BCUT2D eigenvalue weighted by molar-refractivity contribution is 6.42. The fourth-order valence-electron chi connectivity index (χ4n) is 2.87. The second kappa shape index (κ2) is 8.17. The van der Waals surface area contributed by atoms with Gasteiger partial charge in [-0.3, -0.25) is 9.59 Å². The van der Waals surface area contributed by atoms with Crippen LogP contribution in [0.3, 0.4) is 0 Å². The lowest BCUT2D eigenvalue weighted by atomic mass is 10.1. The van der Waals surface area contributed by atoms with E-state index in [-0.39, 0.29) is 25.0 Å². The van der Waals surface area contributed by atoms with E-state index in [1.807, 2.05) is 13.1 Å². The van der Waals surface area contributed by atoms with Gasteiger partial charge in [0, 0.05) is 17.2 Å². The Bertz CT molecular complexity index is 902. The lowest BCUT2D eigenvalue weighted by molar-refractivity contribution is -0.885. The number of likely N-dealkylation sites (N-methyl/N-ethyl adjacent to an activating group) is 1. The zero-order chi connectivity index (χ0) is 19.6. The van der Waals surface area contributed by atoms with E-state index in [4.69, 9.17) is 32.7 Å². The maximum atomic E-state index is 12.4. The summed E-state index contributed by atoms with van der Waals surface area (Å²) in [7, 11) is 1.90. The van der Waals surface area contributed by atoms with Crippen molar-refractivity contribution in [3.8, 4) is 11.5 Å². The number of ketones is 1. The minimum Gasteiger partial charge on any atom is -0.454 e. The molecule has 0 radical (unpaired) electrons. The first-order valence-electron chi connectivity index (χ1n) is 8.33. The number of carbonyl (C=O) groups excluding carboxylic acids is 2. The first kappa shape index (κ1) is 19.5. The first-order chi connectivity index (χ1) is 12.8. The van der Waals surface area contributed by atoms with Crippen molar-refractivity contribution in [2.75, 3.05) is 25.7 Å². The molecule has 142 valence electrons. The monoisotopic (exact) mass is 409 g/mol. The van der Waals surface area contributed by atoms with Gasteiger partial charge in [0.25, 0.3) is 5.91 Å². The van der Waals surface area contributed by atoms with E-state index >= 15 is 0 Å². The number of anilines is 1. The van der Waals surface area contributed by atoms with Crippen molar-refractivity contribution in [2.45, 2.75) is 13.5 Å². The minimum atomic E-state index is -0.214. The van der Waals surface area contributed by atoms with Crippen LogP contribution in [-0.2, 0) is 11.3 Å². The third-order valence-electron chi connectivity index (χ3n) is 4.12. The van der Waals surface area contributed by atoms with Crippen LogP contribution in [0, 0.1) is 0 Å². The fraction of sp³-hybridized carbons (Fsp3) is 0.263. The van der Waals surface area contributed by atoms with Gasteiger partial charge in [-0.25, -0.2) is 0 Å². The molecule has 0 spiro atoms. The van der Waals surface area contributed by atoms with E-state index in [1.54, 1.807) is 24.3 Å². The third-order valence-corrected chi connectivity index (χ3v) is 4.86. The van der Waals surface area contributed by atoms with Crippen molar-refractivity contribution in [1.29, 1.82) is 0 Å². The minimum absolute atomic E-state index is 0.0978. The number of fused-ring (bicyclic) bond motifs is 1. The number of carbonyl (C=O) groups is 2. The van der Waals surface area contributed by atoms with E-state index in [1.165, 1.54) is 6.92 Å². The molecule has 0 saturated carbocycles. The van der Waals surface area contributed by atoms with Crippen LogP contribution in [0.4, 0.5) is 5.69 Å². The molecule has 2 aromatic rings. The molecule has 1 amide bonds. The van der Waals surface area contributed by atoms with E-state index in [0.717, 1.165) is 10.5 Å². The Morgan fingerprint density at radius 3 is 2.48 bits per heavy atom.